The van der Waals surface area contributed by atoms with E-state index in [0.717, 1.165) is 39.1 Å². The van der Waals surface area contributed by atoms with Gasteiger partial charge in [-0.3, -0.25) is 0 Å². The fourth-order valence-corrected chi connectivity index (χ4v) is 2.55. The Kier molecular flexibility index (Phi) is 3.65. The van der Waals surface area contributed by atoms with Gasteiger partial charge in [0.1, 0.15) is 0 Å². The lowest BCUT2D eigenvalue weighted by Gasteiger charge is -2.38. The predicted octanol–water partition coefficient (Wildman–Crippen LogP) is 1.71. The predicted molar refractivity (Wildman–Crippen MR) is 60.0 cm³/mol. The Morgan fingerprint density at radius 2 is 2.33 bits per heavy atom. The van der Waals surface area contributed by atoms with Crippen LogP contribution in [0.15, 0.2) is 0 Å². The number of ether oxygens (including phenoxy) is 2. The zero-order valence-electron chi connectivity index (χ0n) is 9.92. The zero-order valence-corrected chi connectivity index (χ0v) is 9.92. The second-order valence-corrected chi connectivity index (χ2v) is 5.00. The van der Waals surface area contributed by atoms with Gasteiger partial charge in [-0.25, -0.2) is 0 Å². The van der Waals surface area contributed by atoms with Crippen molar-refractivity contribution < 1.29 is 9.47 Å². The van der Waals surface area contributed by atoms with Crippen molar-refractivity contribution in [3.63, 3.8) is 0 Å². The molecule has 0 radical (unpaired) electrons. The summed E-state index contributed by atoms with van der Waals surface area (Å²) in [5.41, 5.74) is 0.0450. The minimum Gasteiger partial charge on any atom is -0.378 e. The minimum absolute atomic E-state index is 0.0450. The van der Waals surface area contributed by atoms with Gasteiger partial charge in [-0.2, -0.15) is 0 Å². The summed E-state index contributed by atoms with van der Waals surface area (Å²) in [4.78, 5) is 0. The number of hydrogen-bond acceptors (Lipinski definition) is 3. The van der Waals surface area contributed by atoms with Gasteiger partial charge in [0.05, 0.1) is 12.2 Å². The van der Waals surface area contributed by atoms with E-state index < -0.39 is 0 Å². The van der Waals surface area contributed by atoms with Crippen molar-refractivity contribution in [1.29, 1.82) is 0 Å². The highest BCUT2D eigenvalue weighted by Gasteiger charge is 2.40. The summed E-state index contributed by atoms with van der Waals surface area (Å²) in [5.74, 6) is 0. The van der Waals surface area contributed by atoms with Gasteiger partial charge in [0.25, 0.3) is 0 Å². The van der Waals surface area contributed by atoms with E-state index in [1.807, 2.05) is 0 Å². The van der Waals surface area contributed by atoms with Crippen LogP contribution in [0, 0.1) is 0 Å². The van der Waals surface area contributed by atoms with E-state index in [4.69, 9.17) is 9.47 Å². The number of rotatable bonds is 3. The molecule has 2 aliphatic heterocycles. The maximum Gasteiger partial charge on any atom is 0.0951 e. The molecule has 2 aliphatic rings. The van der Waals surface area contributed by atoms with E-state index >= 15 is 0 Å². The molecule has 2 heterocycles. The lowest BCUT2D eigenvalue weighted by Crippen LogP contribution is -2.49. The van der Waals surface area contributed by atoms with Crippen LogP contribution in [0.5, 0.6) is 0 Å². The molecular formula is C12H23NO2. The first kappa shape index (κ1) is 11.4. The van der Waals surface area contributed by atoms with Gasteiger partial charge in [0, 0.05) is 31.7 Å². The number of nitrogens with one attached hydrogen (secondary N) is 1. The normalized spacial score (nSPS) is 38.4. The second kappa shape index (κ2) is 4.81. The molecule has 3 atom stereocenters. The molecule has 0 aromatic carbocycles. The third-order valence-electron chi connectivity index (χ3n) is 3.69. The van der Waals surface area contributed by atoms with Crippen molar-refractivity contribution in [2.75, 3.05) is 19.8 Å². The van der Waals surface area contributed by atoms with Crippen molar-refractivity contribution in [2.24, 2.45) is 0 Å². The summed E-state index contributed by atoms with van der Waals surface area (Å²) in [7, 11) is 0. The molecule has 0 aliphatic carbocycles. The van der Waals surface area contributed by atoms with Gasteiger partial charge in [-0.05, 0) is 26.2 Å². The average molecular weight is 213 g/mol. The van der Waals surface area contributed by atoms with E-state index in [1.165, 1.54) is 6.42 Å². The SMILES string of the molecule is CCC(C)NC1CCOC2(CCOC2)C1. The van der Waals surface area contributed by atoms with Gasteiger partial charge in [0.2, 0.25) is 0 Å². The Labute approximate surface area is 92.5 Å². The van der Waals surface area contributed by atoms with Crippen LogP contribution in [0.4, 0.5) is 0 Å². The Balaban J connectivity index is 1.86. The third-order valence-corrected chi connectivity index (χ3v) is 3.69. The van der Waals surface area contributed by atoms with Gasteiger partial charge in [-0.1, -0.05) is 6.92 Å². The summed E-state index contributed by atoms with van der Waals surface area (Å²) in [5, 5.41) is 3.68. The highest BCUT2D eigenvalue weighted by Crippen LogP contribution is 2.32. The largest absolute Gasteiger partial charge is 0.378 e. The Morgan fingerprint density at radius 1 is 1.47 bits per heavy atom. The quantitative estimate of drug-likeness (QED) is 0.774. The lowest BCUT2D eigenvalue weighted by molar-refractivity contribution is -0.0901. The monoisotopic (exact) mass is 213 g/mol. The highest BCUT2D eigenvalue weighted by molar-refractivity contribution is 4.93. The van der Waals surface area contributed by atoms with Gasteiger partial charge in [0.15, 0.2) is 0 Å². The van der Waals surface area contributed by atoms with E-state index in [-0.39, 0.29) is 5.60 Å². The molecule has 0 saturated carbocycles. The Hall–Kier alpha value is -0.120. The molecule has 1 N–H and O–H groups in total. The van der Waals surface area contributed by atoms with Crippen molar-refractivity contribution in [2.45, 2.75) is 57.2 Å². The maximum atomic E-state index is 5.91. The fourth-order valence-electron chi connectivity index (χ4n) is 2.55. The fraction of sp³-hybridized carbons (Fsp3) is 1.00. The summed E-state index contributed by atoms with van der Waals surface area (Å²) in [6.45, 7) is 7.04. The molecule has 0 bridgehead atoms. The first-order valence-electron chi connectivity index (χ1n) is 6.22. The summed E-state index contributed by atoms with van der Waals surface area (Å²) in [6, 6.07) is 1.24. The van der Waals surface area contributed by atoms with Crippen LogP contribution in [0.25, 0.3) is 0 Å². The Bertz CT molecular complexity index is 202. The maximum absolute atomic E-state index is 5.91. The van der Waals surface area contributed by atoms with Crippen molar-refractivity contribution in [3.8, 4) is 0 Å². The molecule has 88 valence electrons. The zero-order chi connectivity index (χ0) is 10.7. The van der Waals surface area contributed by atoms with E-state index in [1.54, 1.807) is 0 Å². The summed E-state index contributed by atoms with van der Waals surface area (Å²) >= 11 is 0. The molecule has 0 aromatic heterocycles. The molecule has 2 saturated heterocycles. The second-order valence-electron chi connectivity index (χ2n) is 5.00. The van der Waals surface area contributed by atoms with Crippen LogP contribution in [0.2, 0.25) is 0 Å². The van der Waals surface area contributed by atoms with Crippen LogP contribution in [0.1, 0.15) is 39.5 Å². The lowest BCUT2D eigenvalue weighted by atomic mass is 9.89. The van der Waals surface area contributed by atoms with Crippen LogP contribution < -0.4 is 5.32 Å². The molecule has 3 heteroatoms. The Morgan fingerprint density at radius 3 is 3.00 bits per heavy atom. The minimum atomic E-state index is 0.0450. The molecule has 15 heavy (non-hydrogen) atoms. The van der Waals surface area contributed by atoms with E-state index in [9.17, 15) is 0 Å². The first-order chi connectivity index (χ1) is 7.24. The molecular weight excluding hydrogens is 190 g/mol. The topological polar surface area (TPSA) is 30.5 Å². The average Bonchev–Trinajstić information content (AvgIpc) is 2.66. The van der Waals surface area contributed by atoms with Crippen LogP contribution in [0.3, 0.4) is 0 Å². The molecule has 0 amide bonds. The molecule has 3 unspecified atom stereocenters. The van der Waals surface area contributed by atoms with Gasteiger partial charge >= 0.3 is 0 Å². The van der Waals surface area contributed by atoms with E-state index in [2.05, 4.69) is 19.2 Å². The standard InChI is InChI=1S/C12H23NO2/c1-3-10(2)13-11-4-6-15-12(8-11)5-7-14-9-12/h10-11,13H,3-9H2,1-2H3. The molecule has 1 spiro atoms. The highest BCUT2D eigenvalue weighted by atomic mass is 16.6. The van der Waals surface area contributed by atoms with Crippen LogP contribution in [-0.2, 0) is 9.47 Å². The van der Waals surface area contributed by atoms with Gasteiger partial charge in [-0.15, -0.1) is 0 Å². The van der Waals surface area contributed by atoms with Crippen molar-refractivity contribution >= 4 is 0 Å². The van der Waals surface area contributed by atoms with Crippen LogP contribution in [-0.4, -0.2) is 37.5 Å². The van der Waals surface area contributed by atoms with Crippen LogP contribution >= 0.6 is 0 Å². The number of hydrogen-bond donors (Lipinski definition) is 1. The summed E-state index contributed by atoms with van der Waals surface area (Å²) in [6.07, 6.45) is 4.54. The van der Waals surface area contributed by atoms with E-state index in [0.29, 0.717) is 12.1 Å². The molecule has 3 nitrogen and oxygen atoms in total. The molecule has 2 fully saturated rings. The molecule has 0 aromatic rings. The first-order valence-corrected chi connectivity index (χ1v) is 6.22. The smallest absolute Gasteiger partial charge is 0.0951 e. The van der Waals surface area contributed by atoms with Crippen molar-refractivity contribution in [1.82, 2.24) is 5.32 Å². The van der Waals surface area contributed by atoms with Crippen molar-refractivity contribution in [3.05, 3.63) is 0 Å². The third kappa shape index (κ3) is 2.71. The van der Waals surface area contributed by atoms with Gasteiger partial charge < -0.3 is 14.8 Å². The molecule has 2 rings (SSSR count). The summed E-state index contributed by atoms with van der Waals surface area (Å²) < 4.78 is 11.4.